The number of imidazole rings is 1. The number of halogens is 1. The molecule has 0 aliphatic rings. The van der Waals surface area contributed by atoms with Crippen LogP contribution in [0.3, 0.4) is 0 Å². The summed E-state index contributed by atoms with van der Waals surface area (Å²) in [4.78, 5) is 6.51. The van der Waals surface area contributed by atoms with Crippen molar-refractivity contribution in [3.63, 3.8) is 0 Å². The Kier molecular flexibility index (Phi) is 4.76. The van der Waals surface area contributed by atoms with Gasteiger partial charge in [0.1, 0.15) is 5.82 Å². The molecule has 0 amide bonds. The first-order valence-corrected chi connectivity index (χ1v) is 6.58. The van der Waals surface area contributed by atoms with Gasteiger partial charge >= 0.3 is 0 Å². The number of rotatable bonds is 6. The first-order chi connectivity index (χ1) is 9.15. The lowest BCUT2D eigenvalue weighted by Crippen LogP contribution is -2.30. The van der Waals surface area contributed by atoms with Gasteiger partial charge in [0.05, 0.1) is 30.8 Å². The number of fused-ring (bicyclic) bond motifs is 1. The third kappa shape index (κ3) is 3.25. The molecule has 0 saturated carbocycles. The molecule has 0 saturated heterocycles. The number of aliphatic hydroxyl groups is 2. The van der Waals surface area contributed by atoms with Crippen LogP contribution in [-0.2, 0) is 13.6 Å². The zero-order valence-electron chi connectivity index (χ0n) is 10.9. The molecule has 0 aliphatic carbocycles. The maximum Gasteiger partial charge on any atom is 0.123 e. The highest BCUT2D eigenvalue weighted by Gasteiger charge is 2.12. The van der Waals surface area contributed by atoms with Gasteiger partial charge < -0.3 is 14.8 Å². The lowest BCUT2D eigenvalue weighted by molar-refractivity contribution is 0.152. The fourth-order valence-corrected chi connectivity index (χ4v) is 2.28. The van der Waals surface area contributed by atoms with Gasteiger partial charge in [-0.2, -0.15) is 0 Å². The van der Waals surface area contributed by atoms with Crippen molar-refractivity contribution in [2.24, 2.45) is 7.05 Å². The van der Waals surface area contributed by atoms with Gasteiger partial charge in [-0.3, -0.25) is 4.90 Å². The Balaban J connectivity index is 2.26. The van der Waals surface area contributed by atoms with Crippen molar-refractivity contribution in [2.75, 3.05) is 26.3 Å². The van der Waals surface area contributed by atoms with Gasteiger partial charge in [0.15, 0.2) is 0 Å². The van der Waals surface area contributed by atoms with E-state index in [4.69, 9.17) is 21.8 Å². The van der Waals surface area contributed by atoms with Crippen LogP contribution < -0.4 is 0 Å². The van der Waals surface area contributed by atoms with Gasteiger partial charge in [-0.05, 0) is 18.2 Å². The van der Waals surface area contributed by atoms with E-state index in [1.54, 1.807) is 0 Å². The van der Waals surface area contributed by atoms with E-state index in [9.17, 15) is 0 Å². The van der Waals surface area contributed by atoms with E-state index in [1.165, 1.54) is 0 Å². The molecule has 2 N–H and O–H groups in total. The maximum absolute atomic E-state index is 9.02. The van der Waals surface area contributed by atoms with Crippen LogP contribution in [0, 0.1) is 0 Å². The minimum Gasteiger partial charge on any atom is -0.395 e. The molecule has 19 heavy (non-hydrogen) atoms. The summed E-state index contributed by atoms with van der Waals surface area (Å²) in [5.41, 5.74) is 1.88. The van der Waals surface area contributed by atoms with Crippen molar-refractivity contribution in [1.29, 1.82) is 0 Å². The van der Waals surface area contributed by atoms with Crippen LogP contribution in [0.5, 0.6) is 0 Å². The number of hydrogen-bond donors (Lipinski definition) is 2. The SMILES string of the molecule is Cn1c(CN(CCO)CCO)nc2cc(Cl)ccc21. The molecule has 0 atom stereocenters. The second-order valence-corrected chi connectivity index (χ2v) is 4.88. The Morgan fingerprint density at radius 1 is 1.26 bits per heavy atom. The van der Waals surface area contributed by atoms with Gasteiger partial charge in [0, 0.05) is 25.2 Å². The molecule has 1 aromatic heterocycles. The minimum absolute atomic E-state index is 0.0652. The molecular weight excluding hydrogens is 266 g/mol. The summed E-state index contributed by atoms with van der Waals surface area (Å²) in [6.07, 6.45) is 0. The molecule has 0 unspecified atom stereocenters. The van der Waals surface area contributed by atoms with E-state index in [1.807, 2.05) is 34.7 Å². The molecule has 104 valence electrons. The van der Waals surface area contributed by atoms with Crippen LogP contribution in [-0.4, -0.2) is 51.0 Å². The molecule has 1 aromatic carbocycles. The largest absolute Gasteiger partial charge is 0.395 e. The maximum atomic E-state index is 9.02. The van der Waals surface area contributed by atoms with Crippen molar-refractivity contribution < 1.29 is 10.2 Å². The van der Waals surface area contributed by atoms with Crippen molar-refractivity contribution in [2.45, 2.75) is 6.54 Å². The summed E-state index contributed by atoms with van der Waals surface area (Å²) in [5, 5.41) is 18.7. The second kappa shape index (κ2) is 6.34. The van der Waals surface area contributed by atoms with Crippen LogP contribution in [0.1, 0.15) is 5.82 Å². The number of nitrogens with zero attached hydrogens (tertiary/aromatic N) is 3. The van der Waals surface area contributed by atoms with E-state index < -0.39 is 0 Å². The third-order valence-electron chi connectivity index (χ3n) is 3.13. The molecule has 0 spiro atoms. The summed E-state index contributed by atoms with van der Waals surface area (Å²) in [6.45, 7) is 1.75. The summed E-state index contributed by atoms with van der Waals surface area (Å²) in [7, 11) is 1.95. The molecular formula is C13H18ClN3O2. The number of aromatic nitrogens is 2. The highest BCUT2D eigenvalue weighted by Crippen LogP contribution is 2.20. The summed E-state index contributed by atoms with van der Waals surface area (Å²) in [5.74, 6) is 0.888. The monoisotopic (exact) mass is 283 g/mol. The Morgan fingerprint density at radius 2 is 1.95 bits per heavy atom. The van der Waals surface area contributed by atoms with E-state index in [2.05, 4.69) is 4.98 Å². The van der Waals surface area contributed by atoms with Gasteiger partial charge in [-0.25, -0.2) is 4.98 Å². The molecule has 2 aromatic rings. The van der Waals surface area contributed by atoms with Gasteiger partial charge in [0.2, 0.25) is 0 Å². The quantitative estimate of drug-likeness (QED) is 0.831. The van der Waals surface area contributed by atoms with E-state index in [0.29, 0.717) is 24.7 Å². The Morgan fingerprint density at radius 3 is 2.58 bits per heavy atom. The predicted octanol–water partition coefficient (Wildman–Crippen LogP) is 1.01. The second-order valence-electron chi connectivity index (χ2n) is 4.44. The zero-order valence-corrected chi connectivity index (χ0v) is 11.6. The first kappa shape index (κ1) is 14.3. The smallest absolute Gasteiger partial charge is 0.123 e. The first-order valence-electron chi connectivity index (χ1n) is 6.20. The van der Waals surface area contributed by atoms with Crippen LogP contribution in [0.4, 0.5) is 0 Å². The van der Waals surface area contributed by atoms with Crippen molar-refractivity contribution in [1.82, 2.24) is 14.5 Å². The molecule has 0 aliphatic heterocycles. The summed E-state index contributed by atoms with van der Waals surface area (Å²) in [6, 6.07) is 5.62. The fourth-order valence-electron chi connectivity index (χ4n) is 2.12. The van der Waals surface area contributed by atoms with Crippen LogP contribution in [0.2, 0.25) is 5.02 Å². The topological polar surface area (TPSA) is 61.5 Å². The standard InChI is InChI=1S/C13H18ClN3O2/c1-16-12-3-2-10(14)8-11(12)15-13(16)9-17(4-6-18)5-7-19/h2-3,8,18-19H,4-7,9H2,1H3. The van der Waals surface area contributed by atoms with Crippen LogP contribution >= 0.6 is 11.6 Å². The molecule has 0 bridgehead atoms. The average Bonchev–Trinajstić information content (AvgIpc) is 2.66. The number of hydrogen-bond acceptors (Lipinski definition) is 4. The number of aryl methyl sites for hydroxylation is 1. The highest BCUT2D eigenvalue weighted by atomic mass is 35.5. The highest BCUT2D eigenvalue weighted by molar-refractivity contribution is 6.31. The molecule has 2 rings (SSSR count). The third-order valence-corrected chi connectivity index (χ3v) is 3.37. The number of aliphatic hydroxyl groups excluding tert-OH is 2. The van der Waals surface area contributed by atoms with Crippen LogP contribution in [0.25, 0.3) is 11.0 Å². The Hall–Kier alpha value is -1.14. The molecule has 0 fully saturated rings. The van der Waals surface area contributed by atoms with E-state index >= 15 is 0 Å². The molecule has 1 heterocycles. The fraction of sp³-hybridized carbons (Fsp3) is 0.462. The van der Waals surface area contributed by atoms with E-state index in [-0.39, 0.29) is 13.2 Å². The number of benzene rings is 1. The average molecular weight is 284 g/mol. The molecule has 5 nitrogen and oxygen atoms in total. The zero-order chi connectivity index (χ0) is 13.8. The van der Waals surface area contributed by atoms with Crippen molar-refractivity contribution in [3.8, 4) is 0 Å². The Bertz CT molecular complexity index is 550. The summed E-state index contributed by atoms with van der Waals surface area (Å²) < 4.78 is 2.01. The predicted molar refractivity (Wildman–Crippen MR) is 75.2 cm³/mol. The van der Waals surface area contributed by atoms with Crippen molar-refractivity contribution >= 4 is 22.6 Å². The summed E-state index contributed by atoms with van der Waals surface area (Å²) >= 11 is 5.96. The minimum atomic E-state index is 0.0652. The van der Waals surface area contributed by atoms with Gasteiger partial charge in [-0.15, -0.1) is 0 Å². The normalized spacial score (nSPS) is 11.6. The molecule has 0 radical (unpaired) electrons. The van der Waals surface area contributed by atoms with Crippen molar-refractivity contribution in [3.05, 3.63) is 29.0 Å². The molecule has 6 heteroatoms. The Labute approximate surface area is 117 Å². The lowest BCUT2D eigenvalue weighted by atomic mass is 10.3. The van der Waals surface area contributed by atoms with Gasteiger partial charge in [0.25, 0.3) is 0 Å². The lowest BCUT2D eigenvalue weighted by Gasteiger charge is -2.19. The van der Waals surface area contributed by atoms with Gasteiger partial charge in [-0.1, -0.05) is 11.6 Å². The van der Waals surface area contributed by atoms with E-state index in [0.717, 1.165) is 16.9 Å². The van der Waals surface area contributed by atoms with Crippen LogP contribution in [0.15, 0.2) is 18.2 Å².